The number of carbonyl (C=O) groups is 1. The van der Waals surface area contributed by atoms with E-state index in [2.05, 4.69) is 5.32 Å². The Hall–Kier alpha value is -2.60. The molecule has 0 fully saturated rings. The second-order valence-electron chi connectivity index (χ2n) is 6.44. The lowest BCUT2D eigenvalue weighted by Gasteiger charge is -2.20. The number of ether oxygens (including phenoxy) is 2. The van der Waals surface area contributed by atoms with Crippen molar-refractivity contribution < 1.29 is 18.7 Å². The fourth-order valence-electron chi connectivity index (χ4n) is 2.59. The number of likely N-dealkylation sites (N-methyl/N-ethyl adjacent to an activating group) is 1. The van der Waals surface area contributed by atoms with Gasteiger partial charge in [-0.25, -0.2) is 4.39 Å². The first kappa shape index (κ1) is 20.7. The second-order valence-corrected chi connectivity index (χ2v) is 6.44. The quantitative estimate of drug-likeness (QED) is 0.731. The molecule has 0 saturated carbocycles. The zero-order chi connectivity index (χ0) is 19.8. The Morgan fingerprint density at radius 2 is 1.70 bits per heavy atom. The maximum atomic E-state index is 12.9. The molecule has 2 rings (SSSR count). The number of rotatable bonds is 9. The third-order valence-corrected chi connectivity index (χ3v) is 3.97. The van der Waals surface area contributed by atoms with Gasteiger partial charge in [-0.05, 0) is 49.2 Å². The molecule has 5 nitrogen and oxygen atoms in total. The summed E-state index contributed by atoms with van der Waals surface area (Å²) in [6.07, 6.45) is -0.596. The number of nitrogens with zero attached hydrogens (tertiary/aromatic N) is 1. The fraction of sp³-hybridized carbons (Fsp3) is 0.381. The van der Waals surface area contributed by atoms with E-state index in [0.29, 0.717) is 31.2 Å². The molecule has 0 radical (unpaired) electrons. The van der Waals surface area contributed by atoms with Crippen molar-refractivity contribution in [1.82, 2.24) is 10.2 Å². The molecule has 6 heteroatoms. The maximum absolute atomic E-state index is 12.9. The summed E-state index contributed by atoms with van der Waals surface area (Å²) in [6.45, 7) is 5.38. The lowest BCUT2D eigenvalue weighted by molar-refractivity contribution is -0.135. The van der Waals surface area contributed by atoms with Crippen LogP contribution >= 0.6 is 0 Å². The Kier molecular flexibility index (Phi) is 7.61. The Balaban J connectivity index is 2.00. The maximum Gasteiger partial charge on any atom is 0.262 e. The summed E-state index contributed by atoms with van der Waals surface area (Å²) in [5.41, 5.74) is 2.04. The van der Waals surface area contributed by atoms with Gasteiger partial charge in [-0.3, -0.25) is 4.79 Å². The largest absolute Gasteiger partial charge is 0.490 e. The van der Waals surface area contributed by atoms with Crippen LogP contribution in [0.1, 0.15) is 25.0 Å². The number of nitrogens with one attached hydrogen (secondary N) is 1. The summed E-state index contributed by atoms with van der Waals surface area (Å²) in [4.78, 5) is 13.5. The van der Waals surface area contributed by atoms with Crippen LogP contribution in [0.5, 0.6) is 11.5 Å². The monoisotopic (exact) mass is 374 g/mol. The molecule has 0 aliphatic carbocycles. The minimum absolute atomic E-state index is 0.109. The van der Waals surface area contributed by atoms with Crippen molar-refractivity contribution in [1.29, 1.82) is 0 Å². The first-order valence-electron chi connectivity index (χ1n) is 8.99. The number of benzene rings is 2. The summed E-state index contributed by atoms with van der Waals surface area (Å²) >= 11 is 0. The van der Waals surface area contributed by atoms with Gasteiger partial charge in [0.15, 0.2) is 17.6 Å². The summed E-state index contributed by atoms with van der Waals surface area (Å²) in [7, 11) is 3.39. The van der Waals surface area contributed by atoms with Gasteiger partial charge in [0.05, 0.1) is 6.61 Å². The summed E-state index contributed by atoms with van der Waals surface area (Å²) in [5.74, 6) is 0.805. The van der Waals surface area contributed by atoms with Crippen LogP contribution in [-0.4, -0.2) is 37.6 Å². The van der Waals surface area contributed by atoms with Crippen molar-refractivity contribution in [2.75, 3.05) is 20.7 Å². The number of hydrogen-bond acceptors (Lipinski definition) is 4. The molecule has 0 unspecified atom stereocenters. The Labute approximate surface area is 160 Å². The van der Waals surface area contributed by atoms with E-state index in [4.69, 9.17) is 9.47 Å². The summed E-state index contributed by atoms with van der Waals surface area (Å²) in [5, 5.41) is 3.32. The molecule has 2 aromatic rings. The molecule has 0 spiro atoms. The van der Waals surface area contributed by atoms with Crippen molar-refractivity contribution in [3.8, 4) is 11.5 Å². The van der Waals surface area contributed by atoms with Crippen molar-refractivity contribution in [3.05, 3.63) is 59.4 Å². The molecule has 0 saturated heterocycles. The molecule has 0 aromatic heterocycles. The predicted octanol–water partition coefficient (Wildman–Crippen LogP) is 3.37. The molecule has 1 amide bonds. The molecular weight excluding hydrogens is 347 g/mol. The van der Waals surface area contributed by atoms with Crippen LogP contribution in [0.2, 0.25) is 0 Å². The average Bonchev–Trinajstić information content (AvgIpc) is 2.64. The third kappa shape index (κ3) is 6.25. The molecule has 0 aliphatic heterocycles. The van der Waals surface area contributed by atoms with E-state index in [1.165, 1.54) is 17.0 Å². The van der Waals surface area contributed by atoms with E-state index in [9.17, 15) is 9.18 Å². The molecule has 146 valence electrons. The number of amides is 1. The predicted molar refractivity (Wildman–Crippen MR) is 103 cm³/mol. The van der Waals surface area contributed by atoms with Gasteiger partial charge >= 0.3 is 0 Å². The van der Waals surface area contributed by atoms with Crippen molar-refractivity contribution in [2.24, 2.45) is 0 Å². The SMILES string of the molecule is CCOc1cc(CNCc2ccc(F)cc2)ccc1O[C@@H](C)C(=O)N(C)C. The van der Waals surface area contributed by atoms with Gasteiger partial charge in [0, 0.05) is 27.2 Å². The molecule has 2 aromatic carbocycles. The van der Waals surface area contributed by atoms with Crippen LogP contribution in [0, 0.1) is 5.82 Å². The van der Waals surface area contributed by atoms with Crippen LogP contribution in [-0.2, 0) is 17.9 Å². The lowest BCUT2D eigenvalue weighted by atomic mass is 10.1. The van der Waals surface area contributed by atoms with Crippen molar-refractivity contribution in [2.45, 2.75) is 33.0 Å². The third-order valence-electron chi connectivity index (χ3n) is 3.97. The van der Waals surface area contributed by atoms with Gasteiger partial charge in [-0.15, -0.1) is 0 Å². The molecule has 27 heavy (non-hydrogen) atoms. The van der Waals surface area contributed by atoms with Gasteiger partial charge in [0.25, 0.3) is 5.91 Å². The molecule has 1 N–H and O–H groups in total. The van der Waals surface area contributed by atoms with Crippen molar-refractivity contribution >= 4 is 5.91 Å². The zero-order valence-electron chi connectivity index (χ0n) is 16.3. The molecule has 0 heterocycles. The van der Waals surface area contributed by atoms with Gasteiger partial charge < -0.3 is 19.7 Å². The smallest absolute Gasteiger partial charge is 0.262 e. The molecule has 0 bridgehead atoms. The molecular formula is C21H27FN2O3. The van der Waals surface area contributed by atoms with Gasteiger partial charge in [-0.1, -0.05) is 18.2 Å². The number of hydrogen-bond donors (Lipinski definition) is 1. The van der Waals surface area contributed by atoms with E-state index in [-0.39, 0.29) is 11.7 Å². The van der Waals surface area contributed by atoms with Gasteiger partial charge in [0.1, 0.15) is 5.82 Å². The van der Waals surface area contributed by atoms with Crippen LogP contribution in [0.4, 0.5) is 4.39 Å². The van der Waals surface area contributed by atoms with E-state index in [0.717, 1.165) is 11.1 Å². The van der Waals surface area contributed by atoms with Crippen LogP contribution in [0.15, 0.2) is 42.5 Å². The summed E-state index contributed by atoms with van der Waals surface area (Å²) < 4.78 is 24.4. The van der Waals surface area contributed by atoms with E-state index >= 15 is 0 Å². The van der Waals surface area contributed by atoms with Crippen LogP contribution in [0.25, 0.3) is 0 Å². The average molecular weight is 374 g/mol. The first-order valence-corrected chi connectivity index (χ1v) is 8.99. The van der Waals surface area contributed by atoms with E-state index in [1.807, 2.05) is 25.1 Å². The lowest BCUT2D eigenvalue weighted by Crippen LogP contribution is -2.35. The van der Waals surface area contributed by atoms with Gasteiger partial charge in [-0.2, -0.15) is 0 Å². The fourth-order valence-corrected chi connectivity index (χ4v) is 2.59. The normalized spacial score (nSPS) is 11.7. The minimum Gasteiger partial charge on any atom is -0.490 e. The Morgan fingerprint density at radius 3 is 2.33 bits per heavy atom. The van der Waals surface area contributed by atoms with Crippen LogP contribution < -0.4 is 14.8 Å². The standard InChI is InChI=1S/C21H27FN2O3/c1-5-26-20-12-17(14-23-13-16-6-9-18(22)10-7-16)8-11-19(20)27-15(2)21(25)24(3)4/h6-12,15,23H,5,13-14H2,1-4H3/t15-/m0/s1. The topological polar surface area (TPSA) is 50.8 Å². The molecule has 0 aliphatic rings. The Morgan fingerprint density at radius 1 is 1.07 bits per heavy atom. The van der Waals surface area contributed by atoms with Crippen LogP contribution in [0.3, 0.4) is 0 Å². The highest BCUT2D eigenvalue weighted by Gasteiger charge is 2.18. The highest BCUT2D eigenvalue weighted by Crippen LogP contribution is 2.29. The van der Waals surface area contributed by atoms with Crippen molar-refractivity contribution in [3.63, 3.8) is 0 Å². The zero-order valence-corrected chi connectivity index (χ0v) is 16.3. The summed E-state index contributed by atoms with van der Waals surface area (Å²) in [6, 6.07) is 12.1. The highest BCUT2D eigenvalue weighted by atomic mass is 19.1. The second kappa shape index (κ2) is 9.92. The van der Waals surface area contributed by atoms with Gasteiger partial charge in [0.2, 0.25) is 0 Å². The number of carbonyl (C=O) groups excluding carboxylic acids is 1. The minimum atomic E-state index is -0.596. The Bertz CT molecular complexity index is 748. The van der Waals surface area contributed by atoms with E-state index < -0.39 is 6.10 Å². The number of halogens is 1. The highest BCUT2D eigenvalue weighted by molar-refractivity contribution is 5.80. The molecule has 1 atom stereocenters. The first-order chi connectivity index (χ1) is 12.9. The van der Waals surface area contributed by atoms with E-state index in [1.54, 1.807) is 33.2 Å².